The van der Waals surface area contributed by atoms with Crippen LogP contribution in [-0.4, -0.2) is 18.5 Å². The van der Waals surface area contributed by atoms with E-state index in [1.54, 1.807) is 31.2 Å². The van der Waals surface area contributed by atoms with E-state index < -0.39 is 11.9 Å². The number of benzene rings is 1. The molecule has 0 saturated heterocycles. The molecule has 1 amide bonds. The molecule has 1 atom stereocenters. The quantitative estimate of drug-likeness (QED) is 0.242. The van der Waals surface area contributed by atoms with Crippen LogP contribution in [0, 0.1) is 11.8 Å². The summed E-state index contributed by atoms with van der Waals surface area (Å²) < 4.78 is 5.01. The average molecular weight is 332 g/mol. The van der Waals surface area contributed by atoms with Crippen molar-refractivity contribution in [1.29, 1.82) is 0 Å². The third kappa shape index (κ3) is 6.71. The first kappa shape index (κ1) is 19.5. The van der Waals surface area contributed by atoms with Crippen LogP contribution in [0.2, 0.25) is 0 Å². The van der Waals surface area contributed by atoms with Gasteiger partial charge in [0.25, 0.3) is 0 Å². The minimum atomic E-state index is -0.810. The fourth-order valence-corrected chi connectivity index (χ4v) is 2.13. The van der Waals surface area contributed by atoms with Crippen LogP contribution in [0.3, 0.4) is 0 Å². The zero-order valence-electron chi connectivity index (χ0n) is 14.4. The van der Waals surface area contributed by atoms with Gasteiger partial charge in [0.1, 0.15) is 5.92 Å². The maximum atomic E-state index is 12.4. The van der Waals surface area contributed by atoms with E-state index in [1.165, 1.54) is 0 Å². The fraction of sp³-hybridized carbons (Fsp3) is 0.529. The van der Waals surface area contributed by atoms with E-state index >= 15 is 0 Å². The van der Waals surface area contributed by atoms with Crippen molar-refractivity contribution in [3.05, 3.63) is 40.3 Å². The van der Waals surface area contributed by atoms with Crippen molar-refractivity contribution in [1.82, 2.24) is 0 Å². The molecule has 7 nitrogen and oxygen atoms in total. The summed E-state index contributed by atoms with van der Waals surface area (Å²) in [6.45, 7) is 6.31. The van der Waals surface area contributed by atoms with Crippen molar-refractivity contribution in [2.24, 2.45) is 17.0 Å². The van der Waals surface area contributed by atoms with Gasteiger partial charge >= 0.3 is 5.97 Å². The molecule has 1 aromatic rings. The van der Waals surface area contributed by atoms with Crippen LogP contribution in [-0.2, 0) is 20.9 Å². The second kappa shape index (κ2) is 10.3. The van der Waals surface area contributed by atoms with Crippen molar-refractivity contribution in [3.8, 4) is 0 Å². The largest absolute Gasteiger partial charge is 0.465 e. The number of nitrogens with zero attached hydrogens (tertiary/aromatic N) is 3. The van der Waals surface area contributed by atoms with Crippen LogP contribution >= 0.6 is 0 Å². The lowest BCUT2D eigenvalue weighted by molar-refractivity contribution is -0.151. The molecule has 0 radical (unpaired) electrons. The molecule has 0 fully saturated rings. The molecule has 1 N–H and O–H groups in total. The van der Waals surface area contributed by atoms with Gasteiger partial charge in [-0.25, -0.2) is 0 Å². The summed E-state index contributed by atoms with van der Waals surface area (Å²) in [6, 6.07) is 6.95. The molecule has 0 aliphatic carbocycles. The number of hydrogen-bond acceptors (Lipinski definition) is 4. The van der Waals surface area contributed by atoms with Crippen molar-refractivity contribution in [2.75, 3.05) is 11.9 Å². The Hall–Kier alpha value is -2.53. The van der Waals surface area contributed by atoms with Gasteiger partial charge in [-0.1, -0.05) is 31.1 Å². The predicted octanol–water partition coefficient (Wildman–Crippen LogP) is 4.05. The Morgan fingerprint density at radius 1 is 1.25 bits per heavy atom. The highest BCUT2D eigenvalue weighted by Crippen LogP contribution is 2.18. The number of ether oxygens (including phenoxy) is 1. The molecule has 0 saturated carbocycles. The predicted molar refractivity (Wildman–Crippen MR) is 92.1 cm³/mol. The first-order valence-electron chi connectivity index (χ1n) is 8.05. The Bertz CT molecular complexity index is 592. The molecule has 0 aliphatic heterocycles. The van der Waals surface area contributed by atoms with E-state index in [0.717, 1.165) is 12.0 Å². The average Bonchev–Trinajstić information content (AvgIpc) is 2.54. The molecule has 0 bridgehead atoms. The number of amides is 1. The summed E-state index contributed by atoms with van der Waals surface area (Å²) in [4.78, 5) is 27.2. The summed E-state index contributed by atoms with van der Waals surface area (Å²) in [6.07, 6.45) is 1.22. The number of carbonyl (C=O) groups excluding carboxylic acids is 2. The van der Waals surface area contributed by atoms with Gasteiger partial charge in [0.2, 0.25) is 5.91 Å². The van der Waals surface area contributed by atoms with E-state index in [-0.39, 0.29) is 19.1 Å². The molecule has 0 aliphatic rings. The lowest BCUT2D eigenvalue weighted by Crippen LogP contribution is -2.31. The van der Waals surface area contributed by atoms with Crippen molar-refractivity contribution < 1.29 is 14.3 Å². The van der Waals surface area contributed by atoms with Gasteiger partial charge < -0.3 is 10.1 Å². The fourth-order valence-electron chi connectivity index (χ4n) is 2.13. The standard InChI is InChI=1S/C17H24N4O3/c1-4-24-17(23)15(10-5-12(2)3)16(22)20-14-8-6-13(7-9-14)11-19-21-18/h6-9,12,15H,4-5,10-11H2,1-3H3,(H,20,22). The van der Waals surface area contributed by atoms with Crippen molar-refractivity contribution >= 4 is 17.6 Å². The Labute approximate surface area is 142 Å². The maximum absolute atomic E-state index is 12.4. The van der Waals surface area contributed by atoms with Gasteiger partial charge in [-0.2, -0.15) is 0 Å². The van der Waals surface area contributed by atoms with Gasteiger partial charge in [-0.05, 0) is 48.9 Å². The monoisotopic (exact) mass is 332 g/mol. The lowest BCUT2D eigenvalue weighted by Gasteiger charge is -2.16. The summed E-state index contributed by atoms with van der Waals surface area (Å²) in [5, 5.41) is 6.22. The summed E-state index contributed by atoms with van der Waals surface area (Å²) in [7, 11) is 0. The van der Waals surface area contributed by atoms with E-state index in [9.17, 15) is 9.59 Å². The van der Waals surface area contributed by atoms with Crippen LogP contribution in [0.5, 0.6) is 0 Å². The molecule has 1 unspecified atom stereocenters. The van der Waals surface area contributed by atoms with Gasteiger partial charge in [0, 0.05) is 10.6 Å². The molecule has 0 aromatic heterocycles. The molecule has 130 valence electrons. The summed E-state index contributed by atoms with van der Waals surface area (Å²) in [5.74, 6) is -1.27. The number of nitrogens with one attached hydrogen (secondary N) is 1. The van der Waals surface area contributed by atoms with Gasteiger partial charge in [0.15, 0.2) is 0 Å². The third-order valence-electron chi connectivity index (χ3n) is 3.46. The van der Waals surface area contributed by atoms with Gasteiger partial charge in [0.05, 0.1) is 13.2 Å². The van der Waals surface area contributed by atoms with E-state index in [0.29, 0.717) is 18.0 Å². The van der Waals surface area contributed by atoms with E-state index in [4.69, 9.17) is 10.3 Å². The Kier molecular flexibility index (Phi) is 8.36. The maximum Gasteiger partial charge on any atom is 0.318 e. The Balaban J connectivity index is 2.75. The van der Waals surface area contributed by atoms with Crippen LogP contribution in [0.25, 0.3) is 10.4 Å². The minimum absolute atomic E-state index is 0.248. The first-order valence-corrected chi connectivity index (χ1v) is 8.05. The van der Waals surface area contributed by atoms with Crippen LogP contribution in [0.15, 0.2) is 29.4 Å². The van der Waals surface area contributed by atoms with E-state index in [2.05, 4.69) is 15.3 Å². The van der Waals surface area contributed by atoms with Crippen LogP contribution in [0.1, 0.15) is 39.2 Å². The van der Waals surface area contributed by atoms with Crippen molar-refractivity contribution in [2.45, 2.75) is 40.2 Å². The van der Waals surface area contributed by atoms with Gasteiger partial charge in [-0.3, -0.25) is 9.59 Å². The molecule has 1 aromatic carbocycles. The zero-order chi connectivity index (χ0) is 17.9. The SMILES string of the molecule is CCOC(=O)C(CCC(C)C)C(=O)Nc1ccc(CN=[N+]=[N-])cc1. The molecule has 7 heteroatoms. The summed E-state index contributed by atoms with van der Waals surface area (Å²) in [5.41, 5.74) is 9.73. The van der Waals surface area contributed by atoms with E-state index in [1.807, 2.05) is 13.8 Å². The Morgan fingerprint density at radius 2 is 1.92 bits per heavy atom. The van der Waals surface area contributed by atoms with Crippen LogP contribution < -0.4 is 5.32 Å². The second-order valence-electron chi connectivity index (χ2n) is 5.85. The highest BCUT2D eigenvalue weighted by atomic mass is 16.5. The topological polar surface area (TPSA) is 104 Å². The molecule has 0 heterocycles. The lowest BCUT2D eigenvalue weighted by atomic mass is 9.97. The summed E-state index contributed by atoms with van der Waals surface area (Å²) >= 11 is 0. The van der Waals surface area contributed by atoms with Gasteiger partial charge in [-0.15, -0.1) is 0 Å². The smallest absolute Gasteiger partial charge is 0.318 e. The Morgan fingerprint density at radius 3 is 2.46 bits per heavy atom. The molecule has 0 spiro atoms. The normalized spacial score (nSPS) is 11.5. The number of azide groups is 1. The molecule has 1 rings (SSSR count). The highest BCUT2D eigenvalue weighted by Gasteiger charge is 2.28. The molecular weight excluding hydrogens is 308 g/mol. The second-order valence-corrected chi connectivity index (χ2v) is 5.85. The highest BCUT2D eigenvalue weighted by molar-refractivity contribution is 6.04. The van der Waals surface area contributed by atoms with Crippen molar-refractivity contribution in [3.63, 3.8) is 0 Å². The molecular formula is C17H24N4O3. The number of carbonyl (C=O) groups is 2. The minimum Gasteiger partial charge on any atom is -0.465 e. The zero-order valence-corrected chi connectivity index (χ0v) is 14.4. The number of anilines is 1. The molecule has 24 heavy (non-hydrogen) atoms. The number of hydrogen-bond donors (Lipinski definition) is 1. The number of esters is 1. The van der Waals surface area contributed by atoms with Crippen LogP contribution in [0.4, 0.5) is 5.69 Å². The number of rotatable bonds is 9. The first-order chi connectivity index (χ1) is 11.5. The third-order valence-corrected chi connectivity index (χ3v) is 3.46.